The van der Waals surface area contributed by atoms with E-state index in [2.05, 4.69) is 4.40 Å². The lowest BCUT2D eigenvalue weighted by molar-refractivity contribution is 0.538. The van der Waals surface area contributed by atoms with Crippen molar-refractivity contribution in [1.82, 2.24) is 4.90 Å². The Bertz CT molecular complexity index is 832. The van der Waals surface area contributed by atoms with Crippen LogP contribution in [0.4, 0.5) is 0 Å². The fourth-order valence-electron chi connectivity index (χ4n) is 2.30. The second-order valence-electron chi connectivity index (χ2n) is 4.58. The number of amidine groups is 1. The molecule has 0 amide bonds. The zero-order valence-corrected chi connectivity index (χ0v) is 11.9. The second-order valence-corrected chi connectivity index (χ2v) is 7.17. The first-order valence-corrected chi connectivity index (χ1v) is 8.57. The molecule has 5 nitrogen and oxygen atoms in total. The second kappa shape index (κ2) is 4.13. The third-order valence-electron chi connectivity index (χ3n) is 3.27. The Labute approximate surface area is 120 Å². The van der Waals surface area contributed by atoms with Crippen molar-refractivity contribution < 1.29 is 12.8 Å². The molecule has 0 fully saturated rings. The highest BCUT2D eigenvalue weighted by Gasteiger charge is 2.32. The number of nitrogens with zero attached hydrogens (tertiary/aromatic N) is 2. The van der Waals surface area contributed by atoms with Gasteiger partial charge in [0.2, 0.25) is 0 Å². The number of rotatable bonds is 1. The molecule has 4 rings (SSSR count). The van der Waals surface area contributed by atoms with E-state index in [4.69, 9.17) is 4.42 Å². The maximum atomic E-state index is 11.5. The molecule has 0 unspecified atom stereocenters. The highest BCUT2D eigenvalue weighted by molar-refractivity contribution is 8.17. The van der Waals surface area contributed by atoms with Gasteiger partial charge in [0.15, 0.2) is 10.9 Å². The van der Waals surface area contributed by atoms with Crippen molar-refractivity contribution in [3.05, 3.63) is 41.5 Å². The van der Waals surface area contributed by atoms with Crippen molar-refractivity contribution in [3.63, 3.8) is 0 Å². The van der Waals surface area contributed by atoms with Gasteiger partial charge in [-0.3, -0.25) is 0 Å². The van der Waals surface area contributed by atoms with Gasteiger partial charge in [-0.15, -0.1) is 4.40 Å². The van der Waals surface area contributed by atoms with Gasteiger partial charge in [-0.2, -0.15) is 0 Å². The SMILES string of the molecule is O=S1(=O)CCN2C(c3cc4ccccc4o3)=CSC2=N1. The van der Waals surface area contributed by atoms with E-state index in [1.807, 2.05) is 40.6 Å². The number of furan rings is 1. The standard InChI is InChI=1S/C13H10N2O3S2/c16-20(17)6-5-15-10(8-19-13(15)14-20)12-7-9-3-1-2-4-11(9)18-12/h1-4,7-8H,5-6H2. The van der Waals surface area contributed by atoms with Crippen LogP contribution < -0.4 is 0 Å². The fourth-order valence-corrected chi connectivity index (χ4v) is 4.43. The third kappa shape index (κ3) is 1.85. The van der Waals surface area contributed by atoms with Gasteiger partial charge in [0.1, 0.15) is 5.58 Å². The highest BCUT2D eigenvalue weighted by Crippen LogP contribution is 2.37. The Hall–Kier alpha value is -1.73. The summed E-state index contributed by atoms with van der Waals surface area (Å²) in [6, 6.07) is 9.75. The van der Waals surface area contributed by atoms with E-state index < -0.39 is 10.0 Å². The van der Waals surface area contributed by atoms with Crippen molar-refractivity contribution in [2.24, 2.45) is 4.40 Å². The molecule has 3 heterocycles. The number of fused-ring (bicyclic) bond motifs is 2. The average molecular weight is 306 g/mol. The van der Waals surface area contributed by atoms with Gasteiger partial charge in [0, 0.05) is 17.3 Å². The van der Waals surface area contributed by atoms with Crippen LogP contribution in [0.1, 0.15) is 5.76 Å². The van der Waals surface area contributed by atoms with Crippen molar-refractivity contribution in [2.45, 2.75) is 0 Å². The molecular formula is C13H10N2O3S2. The van der Waals surface area contributed by atoms with Gasteiger partial charge in [-0.25, -0.2) is 8.42 Å². The molecule has 0 bridgehead atoms. The van der Waals surface area contributed by atoms with Crippen LogP contribution in [0.5, 0.6) is 0 Å². The minimum absolute atomic E-state index is 0.0363. The predicted molar refractivity (Wildman–Crippen MR) is 79.7 cm³/mol. The van der Waals surface area contributed by atoms with Crippen molar-refractivity contribution >= 4 is 43.6 Å². The number of benzene rings is 1. The lowest BCUT2D eigenvalue weighted by Gasteiger charge is -2.23. The van der Waals surface area contributed by atoms with Crippen LogP contribution in [0.3, 0.4) is 0 Å². The molecule has 2 aliphatic heterocycles. The molecule has 1 aromatic carbocycles. The third-order valence-corrected chi connectivity index (χ3v) is 5.39. The topological polar surface area (TPSA) is 62.9 Å². The molecule has 0 atom stereocenters. The summed E-state index contributed by atoms with van der Waals surface area (Å²) >= 11 is 1.32. The van der Waals surface area contributed by atoms with Crippen LogP contribution in [0.2, 0.25) is 0 Å². The molecule has 0 N–H and O–H groups in total. The Morgan fingerprint density at radius 3 is 3.00 bits per heavy atom. The molecule has 0 radical (unpaired) electrons. The Morgan fingerprint density at radius 2 is 2.15 bits per heavy atom. The molecule has 0 saturated heterocycles. The molecule has 0 aliphatic carbocycles. The van der Waals surface area contributed by atoms with E-state index in [1.54, 1.807) is 0 Å². The van der Waals surface area contributed by atoms with Crippen LogP contribution in [0, 0.1) is 0 Å². The van der Waals surface area contributed by atoms with Crippen LogP contribution in [-0.4, -0.2) is 30.8 Å². The molecule has 7 heteroatoms. The number of para-hydroxylation sites is 1. The van der Waals surface area contributed by atoms with E-state index in [1.165, 1.54) is 11.8 Å². The molecule has 2 aliphatic rings. The highest BCUT2D eigenvalue weighted by atomic mass is 32.2. The number of hydrogen-bond acceptors (Lipinski definition) is 5. The molecule has 20 heavy (non-hydrogen) atoms. The van der Waals surface area contributed by atoms with Gasteiger partial charge < -0.3 is 9.32 Å². The van der Waals surface area contributed by atoms with Gasteiger partial charge in [-0.1, -0.05) is 30.0 Å². The maximum Gasteiger partial charge on any atom is 0.257 e. The predicted octanol–water partition coefficient (Wildman–Crippen LogP) is 2.48. The van der Waals surface area contributed by atoms with Gasteiger partial charge in [-0.05, 0) is 12.1 Å². The van der Waals surface area contributed by atoms with Crippen molar-refractivity contribution in [3.8, 4) is 0 Å². The summed E-state index contributed by atoms with van der Waals surface area (Å²) in [6.45, 7) is 0.414. The molecule has 0 saturated carbocycles. The summed E-state index contributed by atoms with van der Waals surface area (Å²) in [5, 5.41) is 3.42. The van der Waals surface area contributed by atoms with Crippen LogP contribution in [0.15, 0.2) is 44.6 Å². The summed E-state index contributed by atoms with van der Waals surface area (Å²) in [4.78, 5) is 1.89. The van der Waals surface area contributed by atoms with Crippen LogP contribution >= 0.6 is 11.8 Å². The Morgan fingerprint density at radius 1 is 1.30 bits per heavy atom. The Kier molecular flexibility index (Phi) is 2.49. The molecule has 1 aromatic heterocycles. The van der Waals surface area contributed by atoms with E-state index in [0.717, 1.165) is 22.4 Å². The zero-order valence-electron chi connectivity index (χ0n) is 10.3. The largest absolute Gasteiger partial charge is 0.454 e. The minimum atomic E-state index is -3.31. The summed E-state index contributed by atoms with van der Waals surface area (Å²) in [6.07, 6.45) is 0. The first kappa shape index (κ1) is 12.0. The summed E-state index contributed by atoms with van der Waals surface area (Å²) < 4.78 is 32.6. The quantitative estimate of drug-likeness (QED) is 0.810. The Balaban J connectivity index is 1.77. The van der Waals surface area contributed by atoms with Crippen molar-refractivity contribution in [2.75, 3.05) is 12.3 Å². The molecular weight excluding hydrogens is 296 g/mol. The number of hydrogen-bond donors (Lipinski definition) is 0. The summed E-state index contributed by atoms with van der Waals surface area (Å²) in [7, 11) is -3.31. The smallest absolute Gasteiger partial charge is 0.257 e. The molecule has 0 spiro atoms. The molecule has 2 aromatic rings. The zero-order chi connectivity index (χ0) is 13.7. The number of sulfonamides is 1. The fraction of sp³-hybridized carbons (Fsp3) is 0.154. The normalized spacial score (nSPS) is 20.7. The maximum absolute atomic E-state index is 11.5. The first-order valence-electron chi connectivity index (χ1n) is 6.08. The van der Waals surface area contributed by atoms with Gasteiger partial charge in [0.05, 0.1) is 11.4 Å². The van der Waals surface area contributed by atoms with E-state index in [0.29, 0.717) is 11.7 Å². The monoisotopic (exact) mass is 306 g/mol. The minimum Gasteiger partial charge on any atom is -0.454 e. The van der Waals surface area contributed by atoms with Crippen molar-refractivity contribution in [1.29, 1.82) is 0 Å². The summed E-state index contributed by atoms with van der Waals surface area (Å²) in [5.74, 6) is 0.775. The van der Waals surface area contributed by atoms with E-state index >= 15 is 0 Å². The first-order chi connectivity index (χ1) is 9.62. The average Bonchev–Trinajstić information content (AvgIpc) is 2.99. The van der Waals surface area contributed by atoms with Crippen LogP contribution in [-0.2, 0) is 10.0 Å². The van der Waals surface area contributed by atoms with Crippen LogP contribution in [0.25, 0.3) is 16.7 Å². The molecule has 102 valence electrons. The van der Waals surface area contributed by atoms with Gasteiger partial charge >= 0.3 is 0 Å². The lowest BCUT2D eigenvalue weighted by atomic mass is 10.2. The summed E-state index contributed by atoms with van der Waals surface area (Å²) in [5.41, 5.74) is 1.70. The van der Waals surface area contributed by atoms with E-state index in [-0.39, 0.29) is 5.75 Å². The van der Waals surface area contributed by atoms with E-state index in [9.17, 15) is 8.42 Å². The van der Waals surface area contributed by atoms with Gasteiger partial charge in [0.25, 0.3) is 10.0 Å². The lowest BCUT2D eigenvalue weighted by Crippen LogP contribution is -2.34. The number of thioether (sulfide) groups is 1.